The molecule has 7 heteroatoms. The van der Waals surface area contributed by atoms with E-state index in [0.29, 0.717) is 19.1 Å². The molecule has 1 heterocycles. The maximum Gasteiger partial charge on any atom is 0.242 e. The number of aromatic nitrogens is 4. The number of hydrogen-bond donors (Lipinski definition) is 1. The van der Waals surface area contributed by atoms with Crippen LogP contribution in [0, 0.1) is 5.82 Å². The number of ether oxygens (including phenoxy) is 1. The Hall–Kier alpha value is -2.96. The lowest BCUT2D eigenvalue weighted by atomic mass is 10.2. The van der Waals surface area contributed by atoms with E-state index in [-0.39, 0.29) is 5.82 Å². The Morgan fingerprint density at radius 1 is 1.13 bits per heavy atom. The molecule has 23 heavy (non-hydrogen) atoms. The minimum absolute atomic E-state index is 0.254. The van der Waals surface area contributed by atoms with Crippen molar-refractivity contribution in [2.75, 3.05) is 5.32 Å². The normalized spacial score (nSPS) is 10.5. The van der Waals surface area contributed by atoms with Gasteiger partial charge >= 0.3 is 0 Å². The van der Waals surface area contributed by atoms with Crippen LogP contribution in [-0.2, 0) is 20.2 Å². The summed E-state index contributed by atoms with van der Waals surface area (Å²) in [5.74, 6) is 1.09. The van der Waals surface area contributed by atoms with Crippen molar-refractivity contribution in [2.24, 2.45) is 7.05 Å². The fraction of sp³-hybridized carbons (Fsp3) is 0.188. The molecule has 0 spiro atoms. The maximum atomic E-state index is 12.9. The van der Waals surface area contributed by atoms with Crippen LogP contribution in [0.3, 0.4) is 0 Å². The molecule has 0 fully saturated rings. The third-order valence-corrected chi connectivity index (χ3v) is 3.34. The number of anilines is 1. The van der Waals surface area contributed by atoms with E-state index in [2.05, 4.69) is 20.8 Å². The van der Waals surface area contributed by atoms with Crippen LogP contribution < -0.4 is 10.1 Å². The van der Waals surface area contributed by atoms with Crippen LogP contribution in [-0.4, -0.2) is 20.2 Å². The molecule has 0 aliphatic carbocycles. The Morgan fingerprint density at radius 3 is 2.65 bits per heavy atom. The molecule has 0 saturated heterocycles. The maximum absolute atomic E-state index is 12.9. The third-order valence-electron chi connectivity index (χ3n) is 3.34. The molecule has 6 nitrogen and oxygen atoms in total. The number of hydrogen-bond acceptors (Lipinski definition) is 5. The van der Waals surface area contributed by atoms with Gasteiger partial charge in [-0.15, -0.1) is 0 Å². The average Bonchev–Trinajstić information content (AvgIpc) is 2.98. The van der Waals surface area contributed by atoms with E-state index in [0.717, 1.165) is 16.9 Å². The van der Waals surface area contributed by atoms with Gasteiger partial charge in [0.1, 0.15) is 18.2 Å². The van der Waals surface area contributed by atoms with Gasteiger partial charge in [-0.1, -0.05) is 35.4 Å². The second-order valence-corrected chi connectivity index (χ2v) is 5.00. The highest BCUT2D eigenvalue weighted by atomic mass is 19.1. The molecule has 0 aliphatic rings. The summed E-state index contributed by atoms with van der Waals surface area (Å²) in [6.07, 6.45) is 0. The number of nitrogens with one attached hydrogen (secondary N) is 1. The average molecular weight is 313 g/mol. The highest BCUT2D eigenvalue weighted by molar-refractivity contribution is 5.36. The van der Waals surface area contributed by atoms with Gasteiger partial charge in [0.25, 0.3) is 0 Å². The van der Waals surface area contributed by atoms with Crippen molar-refractivity contribution in [1.82, 2.24) is 20.2 Å². The molecule has 0 radical (unpaired) electrons. The molecule has 0 aliphatic heterocycles. The van der Waals surface area contributed by atoms with E-state index in [4.69, 9.17) is 4.74 Å². The first-order chi connectivity index (χ1) is 11.2. The van der Waals surface area contributed by atoms with Crippen molar-refractivity contribution in [2.45, 2.75) is 13.2 Å². The second kappa shape index (κ2) is 6.87. The molecule has 0 bridgehead atoms. The Kier molecular flexibility index (Phi) is 4.46. The topological polar surface area (TPSA) is 64.9 Å². The zero-order chi connectivity index (χ0) is 16.1. The van der Waals surface area contributed by atoms with Gasteiger partial charge in [-0.2, -0.15) is 0 Å². The van der Waals surface area contributed by atoms with E-state index in [1.165, 1.54) is 12.1 Å². The van der Waals surface area contributed by atoms with Crippen LogP contribution in [0.25, 0.3) is 0 Å². The van der Waals surface area contributed by atoms with Crippen molar-refractivity contribution < 1.29 is 9.13 Å². The largest absolute Gasteiger partial charge is 0.489 e. The molecule has 1 N–H and O–H groups in total. The van der Waals surface area contributed by atoms with Gasteiger partial charge in [-0.05, 0) is 34.2 Å². The van der Waals surface area contributed by atoms with Gasteiger partial charge in [-0.25, -0.2) is 9.07 Å². The summed E-state index contributed by atoms with van der Waals surface area (Å²) in [6, 6.07) is 14.0. The first-order valence-corrected chi connectivity index (χ1v) is 7.14. The van der Waals surface area contributed by atoms with E-state index in [1.54, 1.807) is 23.9 Å². The van der Waals surface area contributed by atoms with E-state index >= 15 is 0 Å². The first kappa shape index (κ1) is 15.0. The standard InChI is InChI=1S/C16H16FN5O/c1-22-16(19-20-21-22)18-10-13-4-2-3-5-15(13)23-11-12-6-8-14(17)9-7-12/h2-9H,10-11H2,1H3,(H,18,19,21). The summed E-state index contributed by atoms with van der Waals surface area (Å²) < 4.78 is 20.3. The molecule has 0 saturated carbocycles. The first-order valence-electron chi connectivity index (χ1n) is 7.14. The lowest BCUT2D eigenvalue weighted by Crippen LogP contribution is -2.07. The van der Waals surface area contributed by atoms with Crippen molar-refractivity contribution in [3.05, 3.63) is 65.5 Å². The van der Waals surface area contributed by atoms with Crippen LogP contribution in [0.2, 0.25) is 0 Å². The number of tetrazole rings is 1. The molecular weight excluding hydrogens is 297 g/mol. The molecule has 3 aromatic rings. The number of aryl methyl sites for hydroxylation is 1. The summed E-state index contributed by atoms with van der Waals surface area (Å²) in [4.78, 5) is 0. The van der Waals surface area contributed by atoms with Gasteiger partial charge in [0.15, 0.2) is 0 Å². The van der Waals surface area contributed by atoms with Gasteiger partial charge < -0.3 is 10.1 Å². The van der Waals surface area contributed by atoms with Crippen molar-refractivity contribution >= 4 is 5.95 Å². The highest BCUT2D eigenvalue weighted by Crippen LogP contribution is 2.20. The number of para-hydroxylation sites is 1. The molecule has 0 atom stereocenters. The van der Waals surface area contributed by atoms with E-state index in [1.807, 2.05) is 24.3 Å². The summed E-state index contributed by atoms with van der Waals surface area (Å²) in [5, 5.41) is 14.4. The minimum atomic E-state index is -0.254. The Morgan fingerprint density at radius 2 is 1.91 bits per heavy atom. The fourth-order valence-corrected chi connectivity index (χ4v) is 2.09. The van der Waals surface area contributed by atoms with Crippen LogP contribution in [0.5, 0.6) is 5.75 Å². The zero-order valence-corrected chi connectivity index (χ0v) is 12.6. The zero-order valence-electron chi connectivity index (χ0n) is 12.6. The van der Waals surface area contributed by atoms with Crippen LogP contribution in [0.1, 0.15) is 11.1 Å². The summed E-state index contributed by atoms with van der Waals surface area (Å²) in [6.45, 7) is 0.913. The predicted molar refractivity (Wildman–Crippen MR) is 83.3 cm³/mol. The number of benzene rings is 2. The second-order valence-electron chi connectivity index (χ2n) is 5.00. The number of halogens is 1. The molecule has 3 rings (SSSR count). The van der Waals surface area contributed by atoms with Crippen molar-refractivity contribution in [3.8, 4) is 5.75 Å². The molecule has 118 valence electrons. The lowest BCUT2D eigenvalue weighted by Gasteiger charge is -2.12. The van der Waals surface area contributed by atoms with Gasteiger partial charge in [0.2, 0.25) is 5.95 Å². The summed E-state index contributed by atoms with van der Waals surface area (Å²) in [7, 11) is 1.76. The summed E-state index contributed by atoms with van der Waals surface area (Å²) in [5.41, 5.74) is 1.89. The van der Waals surface area contributed by atoms with Crippen molar-refractivity contribution in [1.29, 1.82) is 0 Å². The monoisotopic (exact) mass is 313 g/mol. The van der Waals surface area contributed by atoms with E-state index < -0.39 is 0 Å². The van der Waals surface area contributed by atoms with Gasteiger partial charge in [0.05, 0.1) is 0 Å². The lowest BCUT2D eigenvalue weighted by molar-refractivity contribution is 0.303. The molecule has 1 aromatic heterocycles. The Labute approximate surface area is 132 Å². The molecule has 0 amide bonds. The smallest absolute Gasteiger partial charge is 0.242 e. The highest BCUT2D eigenvalue weighted by Gasteiger charge is 2.06. The summed E-state index contributed by atoms with van der Waals surface area (Å²) >= 11 is 0. The van der Waals surface area contributed by atoms with Gasteiger partial charge in [-0.3, -0.25) is 0 Å². The SMILES string of the molecule is Cn1nnnc1NCc1ccccc1OCc1ccc(F)cc1. The van der Waals surface area contributed by atoms with Crippen molar-refractivity contribution in [3.63, 3.8) is 0 Å². The number of nitrogens with zero attached hydrogens (tertiary/aromatic N) is 4. The number of rotatable bonds is 6. The minimum Gasteiger partial charge on any atom is -0.489 e. The fourth-order valence-electron chi connectivity index (χ4n) is 2.09. The third kappa shape index (κ3) is 3.82. The Balaban J connectivity index is 1.65. The quantitative estimate of drug-likeness (QED) is 0.757. The van der Waals surface area contributed by atoms with Crippen LogP contribution in [0.15, 0.2) is 48.5 Å². The molecule has 2 aromatic carbocycles. The molecule has 0 unspecified atom stereocenters. The van der Waals surface area contributed by atoms with Crippen LogP contribution in [0.4, 0.5) is 10.3 Å². The molecular formula is C16H16FN5O. The predicted octanol–water partition coefficient (Wildman–Crippen LogP) is 2.54. The van der Waals surface area contributed by atoms with Gasteiger partial charge in [0, 0.05) is 19.2 Å². The van der Waals surface area contributed by atoms with Crippen LogP contribution >= 0.6 is 0 Å². The van der Waals surface area contributed by atoms with E-state index in [9.17, 15) is 4.39 Å². The Bertz CT molecular complexity index is 772.